The third-order valence-electron chi connectivity index (χ3n) is 9.99. The number of hydrogen-bond acceptors (Lipinski definition) is 0. The molecule has 36 heavy (non-hydrogen) atoms. The zero-order valence-corrected chi connectivity index (χ0v) is 23.0. The molecule has 2 heteroatoms. The molecule has 0 amide bonds. The van der Waals surface area contributed by atoms with E-state index in [-0.39, 0.29) is 5.92 Å². The quantitative estimate of drug-likeness (QED) is 0.298. The third-order valence-corrected chi connectivity index (χ3v) is 9.99. The molecule has 200 valence electrons. The van der Waals surface area contributed by atoms with E-state index in [1.807, 2.05) is 12.1 Å². The largest absolute Gasteiger partial charge is 0.203 e. The van der Waals surface area contributed by atoms with Gasteiger partial charge in [-0.15, -0.1) is 0 Å². The van der Waals surface area contributed by atoms with Crippen LogP contribution in [0, 0.1) is 41.2 Å². The minimum Gasteiger partial charge on any atom is -0.203 e. The Hall–Kier alpha value is -1.44. The molecule has 0 radical (unpaired) electrons. The molecule has 3 aliphatic carbocycles. The fourth-order valence-corrected chi connectivity index (χ4v) is 7.47. The van der Waals surface area contributed by atoms with Crippen LogP contribution in [0.1, 0.15) is 127 Å². The third kappa shape index (κ3) is 7.55. The highest BCUT2D eigenvalue weighted by Gasteiger charge is 2.32. The molecule has 4 rings (SSSR count). The fraction of sp³-hybridized carbons (Fsp3) is 0.706. The molecule has 1 aromatic carbocycles. The Bertz CT molecular complexity index is 844. The Morgan fingerprint density at radius 3 is 2.08 bits per heavy atom. The van der Waals surface area contributed by atoms with Crippen LogP contribution >= 0.6 is 0 Å². The Labute approximate surface area is 220 Å². The summed E-state index contributed by atoms with van der Waals surface area (Å²) in [5, 5.41) is 0. The first-order valence-electron chi connectivity index (χ1n) is 15.3. The van der Waals surface area contributed by atoms with Crippen LogP contribution in [0.2, 0.25) is 0 Å². The van der Waals surface area contributed by atoms with Gasteiger partial charge in [0.05, 0.1) is 0 Å². The van der Waals surface area contributed by atoms with E-state index >= 15 is 4.39 Å². The molecule has 1 aromatic rings. The van der Waals surface area contributed by atoms with Crippen molar-refractivity contribution < 1.29 is 8.78 Å². The van der Waals surface area contributed by atoms with Gasteiger partial charge >= 0.3 is 0 Å². The fourth-order valence-electron chi connectivity index (χ4n) is 7.47. The summed E-state index contributed by atoms with van der Waals surface area (Å²) in [6.45, 7) is 4.45. The SMILES string of the molecule is C/C=C/CCC1CCC(C2CCC(c3ccc(CC/C=C/C4CCC(C)CC4)c(F)c3F)CC2)CC1. The molecule has 0 aromatic heterocycles. The smallest absolute Gasteiger partial charge is 0.162 e. The van der Waals surface area contributed by atoms with Crippen LogP contribution in [0.15, 0.2) is 36.4 Å². The highest BCUT2D eigenvalue weighted by Crippen LogP contribution is 2.45. The van der Waals surface area contributed by atoms with Crippen LogP contribution in [0.3, 0.4) is 0 Å². The molecule has 0 saturated heterocycles. The van der Waals surface area contributed by atoms with Gasteiger partial charge in [0.2, 0.25) is 0 Å². The molecule has 0 atom stereocenters. The normalized spacial score (nSPS) is 31.9. The van der Waals surface area contributed by atoms with Crippen molar-refractivity contribution in [2.45, 2.75) is 122 Å². The van der Waals surface area contributed by atoms with Gasteiger partial charge in [-0.2, -0.15) is 0 Å². The highest BCUT2D eigenvalue weighted by atomic mass is 19.2. The lowest BCUT2D eigenvalue weighted by atomic mass is 9.68. The molecule has 0 nitrogen and oxygen atoms in total. The summed E-state index contributed by atoms with van der Waals surface area (Å²) in [6, 6.07) is 3.77. The van der Waals surface area contributed by atoms with Gasteiger partial charge in [-0.25, -0.2) is 8.78 Å². The summed E-state index contributed by atoms with van der Waals surface area (Å²) in [6.07, 6.45) is 28.1. The van der Waals surface area contributed by atoms with Crippen LogP contribution in [0.5, 0.6) is 0 Å². The van der Waals surface area contributed by atoms with E-state index in [1.165, 1.54) is 77.0 Å². The van der Waals surface area contributed by atoms with Crippen molar-refractivity contribution in [1.82, 2.24) is 0 Å². The molecule has 0 N–H and O–H groups in total. The maximum atomic E-state index is 15.1. The Kier molecular flexibility index (Phi) is 10.7. The lowest BCUT2D eigenvalue weighted by Gasteiger charge is -2.38. The van der Waals surface area contributed by atoms with Gasteiger partial charge in [0, 0.05) is 0 Å². The molecule has 0 unspecified atom stereocenters. The monoisotopic (exact) mass is 496 g/mol. The highest BCUT2D eigenvalue weighted by molar-refractivity contribution is 5.30. The minimum absolute atomic E-state index is 0.190. The zero-order valence-electron chi connectivity index (χ0n) is 23.0. The average Bonchev–Trinajstić information content (AvgIpc) is 2.91. The van der Waals surface area contributed by atoms with Crippen LogP contribution in [-0.2, 0) is 6.42 Å². The van der Waals surface area contributed by atoms with E-state index in [1.54, 1.807) is 0 Å². The van der Waals surface area contributed by atoms with E-state index in [2.05, 4.69) is 38.2 Å². The second-order valence-electron chi connectivity index (χ2n) is 12.5. The molecule has 3 saturated carbocycles. The van der Waals surface area contributed by atoms with Gasteiger partial charge < -0.3 is 0 Å². The Morgan fingerprint density at radius 1 is 0.750 bits per heavy atom. The second kappa shape index (κ2) is 13.9. The van der Waals surface area contributed by atoms with Gasteiger partial charge in [-0.1, -0.05) is 69.0 Å². The molecular weight excluding hydrogens is 446 g/mol. The molecule has 0 heterocycles. The number of rotatable bonds is 9. The van der Waals surface area contributed by atoms with Crippen molar-refractivity contribution in [1.29, 1.82) is 0 Å². The molecule has 3 fully saturated rings. The van der Waals surface area contributed by atoms with Crippen LogP contribution in [-0.4, -0.2) is 0 Å². The molecule has 3 aliphatic rings. The van der Waals surface area contributed by atoms with Crippen LogP contribution < -0.4 is 0 Å². The van der Waals surface area contributed by atoms with Crippen molar-refractivity contribution in [2.24, 2.45) is 29.6 Å². The first-order chi connectivity index (χ1) is 17.5. The van der Waals surface area contributed by atoms with Crippen molar-refractivity contribution >= 4 is 0 Å². The molecular formula is C34H50F2. The predicted molar refractivity (Wildman–Crippen MR) is 149 cm³/mol. The Morgan fingerprint density at radius 2 is 1.42 bits per heavy atom. The van der Waals surface area contributed by atoms with Crippen molar-refractivity contribution in [3.63, 3.8) is 0 Å². The van der Waals surface area contributed by atoms with E-state index in [0.717, 1.165) is 42.9 Å². The summed E-state index contributed by atoms with van der Waals surface area (Å²) >= 11 is 0. The summed E-state index contributed by atoms with van der Waals surface area (Å²) in [5.74, 6) is 3.14. The van der Waals surface area contributed by atoms with E-state index in [0.29, 0.717) is 23.5 Å². The first kappa shape index (κ1) is 27.6. The molecule has 0 spiro atoms. The van der Waals surface area contributed by atoms with E-state index < -0.39 is 11.6 Å². The van der Waals surface area contributed by atoms with Gasteiger partial charge in [-0.05, 0) is 131 Å². The lowest BCUT2D eigenvalue weighted by molar-refractivity contribution is 0.156. The molecule has 0 aliphatic heterocycles. The number of aryl methyl sites for hydroxylation is 1. The number of hydrogen-bond donors (Lipinski definition) is 0. The van der Waals surface area contributed by atoms with Gasteiger partial charge in [0.15, 0.2) is 11.6 Å². The maximum Gasteiger partial charge on any atom is 0.162 e. The average molecular weight is 497 g/mol. The number of halogens is 2. The lowest BCUT2D eigenvalue weighted by Crippen LogP contribution is -2.25. The standard InChI is InChI=1S/C34H50F2/c1-3-4-5-8-27-15-17-28(18-16-27)29-19-21-30(22-20-29)32-24-23-31(33(35)34(32)36)10-7-6-9-26-13-11-25(2)12-14-26/h3-4,6,9,23-30H,5,7-8,10-22H2,1-2H3/b4-3+,9-6+. The van der Waals surface area contributed by atoms with Crippen molar-refractivity contribution in [3.8, 4) is 0 Å². The first-order valence-corrected chi connectivity index (χ1v) is 15.3. The Balaban J connectivity index is 1.22. The summed E-state index contributed by atoms with van der Waals surface area (Å²) < 4.78 is 30.1. The van der Waals surface area contributed by atoms with E-state index in [4.69, 9.17) is 0 Å². The maximum absolute atomic E-state index is 15.1. The summed E-state index contributed by atoms with van der Waals surface area (Å²) in [4.78, 5) is 0. The van der Waals surface area contributed by atoms with Crippen molar-refractivity contribution in [3.05, 3.63) is 59.2 Å². The number of benzene rings is 1. The summed E-state index contributed by atoms with van der Waals surface area (Å²) in [5.41, 5.74) is 1.17. The zero-order chi connectivity index (χ0) is 25.3. The van der Waals surface area contributed by atoms with Gasteiger partial charge in [0.25, 0.3) is 0 Å². The molecule has 0 bridgehead atoms. The summed E-state index contributed by atoms with van der Waals surface area (Å²) in [7, 11) is 0. The van der Waals surface area contributed by atoms with Crippen molar-refractivity contribution in [2.75, 3.05) is 0 Å². The number of allylic oxidation sites excluding steroid dienone is 4. The minimum atomic E-state index is -0.592. The van der Waals surface area contributed by atoms with Crippen LogP contribution in [0.4, 0.5) is 8.78 Å². The van der Waals surface area contributed by atoms with Gasteiger partial charge in [0.1, 0.15) is 0 Å². The van der Waals surface area contributed by atoms with Crippen LogP contribution in [0.25, 0.3) is 0 Å². The second-order valence-corrected chi connectivity index (χ2v) is 12.5. The van der Waals surface area contributed by atoms with Gasteiger partial charge in [-0.3, -0.25) is 0 Å². The topological polar surface area (TPSA) is 0 Å². The van der Waals surface area contributed by atoms with E-state index in [9.17, 15) is 4.39 Å². The predicted octanol–water partition coefficient (Wildman–Crippen LogP) is 10.7.